The van der Waals surface area contributed by atoms with Gasteiger partial charge < -0.3 is 10.7 Å². The molecule has 80 valence electrons. The monoisotopic (exact) mass is 205 g/mol. The van der Waals surface area contributed by atoms with Gasteiger partial charge in [0.05, 0.1) is 5.69 Å². The molecule has 0 spiro atoms. The smallest absolute Gasteiger partial charge is 0.330 e. The van der Waals surface area contributed by atoms with E-state index in [0.29, 0.717) is 18.4 Å². The molecule has 2 aliphatic carbocycles. The van der Waals surface area contributed by atoms with Crippen molar-refractivity contribution in [3.8, 4) is 0 Å². The summed E-state index contributed by atoms with van der Waals surface area (Å²) in [5, 5.41) is 0. The van der Waals surface area contributed by atoms with Crippen LogP contribution in [0.15, 0.2) is 4.79 Å². The predicted molar refractivity (Wildman–Crippen MR) is 56.9 cm³/mol. The summed E-state index contributed by atoms with van der Waals surface area (Å²) in [7, 11) is 0. The molecule has 1 heterocycles. The van der Waals surface area contributed by atoms with Gasteiger partial charge in [-0.3, -0.25) is 0 Å². The fourth-order valence-corrected chi connectivity index (χ4v) is 2.57. The summed E-state index contributed by atoms with van der Waals surface area (Å²) in [6.45, 7) is 0.667. The van der Waals surface area contributed by atoms with E-state index in [0.717, 1.165) is 24.2 Å². The molecule has 4 nitrogen and oxygen atoms in total. The van der Waals surface area contributed by atoms with Gasteiger partial charge in [-0.25, -0.2) is 4.79 Å². The molecule has 15 heavy (non-hydrogen) atoms. The Morgan fingerprint density at radius 3 is 2.87 bits per heavy atom. The van der Waals surface area contributed by atoms with Crippen LogP contribution in [0.4, 0.5) is 0 Å². The van der Waals surface area contributed by atoms with Crippen LogP contribution in [-0.2, 0) is 6.42 Å². The molecular weight excluding hydrogens is 190 g/mol. The lowest BCUT2D eigenvalue weighted by atomic mass is 9.99. The first kappa shape index (κ1) is 9.09. The van der Waals surface area contributed by atoms with Crippen molar-refractivity contribution in [2.45, 2.75) is 37.5 Å². The van der Waals surface area contributed by atoms with E-state index >= 15 is 0 Å². The number of aromatic nitrogens is 2. The van der Waals surface area contributed by atoms with E-state index in [-0.39, 0.29) is 5.69 Å². The first-order valence-corrected chi connectivity index (χ1v) is 5.62. The van der Waals surface area contributed by atoms with E-state index in [9.17, 15) is 4.79 Å². The Kier molecular flexibility index (Phi) is 1.92. The van der Waals surface area contributed by atoms with Crippen LogP contribution in [0.25, 0.3) is 0 Å². The van der Waals surface area contributed by atoms with E-state index in [1.54, 1.807) is 0 Å². The van der Waals surface area contributed by atoms with E-state index in [1.165, 1.54) is 18.4 Å². The highest BCUT2D eigenvalue weighted by Crippen LogP contribution is 2.44. The van der Waals surface area contributed by atoms with Crippen molar-refractivity contribution < 1.29 is 0 Å². The third kappa shape index (κ3) is 1.40. The number of nitrogens with one attached hydrogen (secondary N) is 1. The normalized spacial score (nSPS) is 24.2. The second-order valence-corrected chi connectivity index (χ2v) is 4.56. The number of rotatable bonds is 2. The Morgan fingerprint density at radius 2 is 2.20 bits per heavy atom. The molecule has 0 aromatic carbocycles. The zero-order chi connectivity index (χ0) is 10.4. The summed E-state index contributed by atoms with van der Waals surface area (Å²) in [4.78, 5) is 18.4. The van der Waals surface area contributed by atoms with Gasteiger partial charge in [-0.15, -0.1) is 0 Å². The average Bonchev–Trinajstić information content (AvgIpc) is 2.98. The average molecular weight is 205 g/mol. The van der Waals surface area contributed by atoms with Crippen LogP contribution in [0.1, 0.15) is 48.0 Å². The third-order valence-electron chi connectivity index (χ3n) is 3.48. The van der Waals surface area contributed by atoms with Crippen molar-refractivity contribution in [2.24, 2.45) is 5.73 Å². The number of hydrogen-bond acceptors (Lipinski definition) is 3. The minimum Gasteiger partial charge on any atom is -0.330 e. The lowest BCUT2D eigenvalue weighted by Crippen LogP contribution is -2.19. The van der Waals surface area contributed by atoms with Crippen LogP contribution in [0.3, 0.4) is 0 Å². The largest absolute Gasteiger partial charge is 0.345 e. The molecule has 4 heteroatoms. The molecule has 0 amide bonds. The fourth-order valence-electron chi connectivity index (χ4n) is 2.57. The highest BCUT2D eigenvalue weighted by Gasteiger charge is 2.34. The molecule has 1 atom stereocenters. The predicted octanol–water partition coefficient (Wildman–Crippen LogP) is 0.636. The van der Waals surface area contributed by atoms with Crippen LogP contribution in [0, 0.1) is 0 Å². The zero-order valence-electron chi connectivity index (χ0n) is 8.62. The van der Waals surface area contributed by atoms with Gasteiger partial charge in [0, 0.05) is 17.5 Å². The molecule has 3 N–H and O–H groups in total. The van der Waals surface area contributed by atoms with Gasteiger partial charge in [0.2, 0.25) is 0 Å². The topological polar surface area (TPSA) is 71.8 Å². The Hall–Kier alpha value is -1.16. The van der Waals surface area contributed by atoms with Crippen LogP contribution < -0.4 is 11.4 Å². The molecule has 0 radical (unpaired) electrons. The summed E-state index contributed by atoms with van der Waals surface area (Å²) >= 11 is 0. The van der Waals surface area contributed by atoms with Crippen molar-refractivity contribution in [3.63, 3.8) is 0 Å². The van der Waals surface area contributed by atoms with Crippen molar-refractivity contribution in [2.75, 3.05) is 6.54 Å². The SMILES string of the molecule is NCC1CCc2[nH]c(=O)nc(C3CC3)c21. The molecule has 1 fully saturated rings. The molecule has 0 aliphatic heterocycles. The second-order valence-electron chi connectivity index (χ2n) is 4.56. The minimum atomic E-state index is -0.187. The lowest BCUT2D eigenvalue weighted by Gasteiger charge is -2.11. The second kappa shape index (κ2) is 3.17. The molecule has 1 aromatic heterocycles. The summed E-state index contributed by atoms with van der Waals surface area (Å²) in [5.74, 6) is 0.952. The van der Waals surface area contributed by atoms with Crippen LogP contribution >= 0.6 is 0 Å². The highest BCUT2D eigenvalue weighted by atomic mass is 16.1. The van der Waals surface area contributed by atoms with Gasteiger partial charge in [0.15, 0.2) is 0 Å². The van der Waals surface area contributed by atoms with Gasteiger partial charge in [-0.1, -0.05) is 0 Å². The summed E-state index contributed by atoms with van der Waals surface area (Å²) in [6, 6.07) is 0. The maximum Gasteiger partial charge on any atom is 0.345 e. The Labute approximate surface area is 87.9 Å². The molecule has 1 aromatic rings. The van der Waals surface area contributed by atoms with Crippen molar-refractivity contribution in [3.05, 3.63) is 27.4 Å². The number of aryl methyl sites for hydroxylation is 1. The molecule has 2 aliphatic rings. The maximum atomic E-state index is 11.4. The van der Waals surface area contributed by atoms with Gasteiger partial charge in [0.25, 0.3) is 0 Å². The fraction of sp³-hybridized carbons (Fsp3) is 0.636. The summed E-state index contributed by atoms with van der Waals surface area (Å²) in [5.41, 5.74) is 8.97. The number of hydrogen-bond donors (Lipinski definition) is 2. The van der Waals surface area contributed by atoms with E-state index in [2.05, 4.69) is 9.97 Å². The third-order valence-corrected chi connectivity index (χ3v) is 3.48. The van der Waals surface area contributed by atoms with Gasteiger partial charge in [-0.2, -0.15) is 4.98 Å². The Balaban J connectivity index is 2.16. The first-order valence-electron chi connectivity index (χ1n) is 5.62. The van der Waals surface area contributed by atoms with E-state index in [4.69, 9.17) is 5.73 Å². The molecule has 1 saturated carbocycles. The first-order chi connectivity index (χ1) is 7.29. The molecule has 0 saturated heterocycles. The van der Waals surface area contributed by atoms with Crippen molar-refractivity contribution in [1.82, 2.24) is 9.97 Å². The number of aromatic amines is 1. The van der Waals surface area contributed by atoms with Crippen LogP contribution in [0.5, 0.6) is 0 Å². The maximum absolute atomic E-state index is 11.4. The van der Waals surface area contributed by atoms with E-state index in [1.807, 2.05) is 0 Å². The number of fused-ring (bicyclic) bond motifs is 1. The Morgan fingerprint density at radius 1 is 1.40 bits per heavy atom. The van der Waals surface area contributed by atoms with E-state index < -0.39 is 0 Å². The number of H-pyrrole nitrogens is 1. The molecule has 1 unspecified atom stereocenters. The highest BCUT2D eigenvalue weighted by molar-refractivity contribution is 5.37. The zero-order valence-corrected chi connectivity index (χ0v) is 8.62. The lowest BCUT2D eigenvalue weighted by molar-refractivity contribution is 0.679. The van der Waals surface area contributed by atoms with Gasteiger partial charge in [0.1, 0.15) is 0 Å². The number of nitrogens with zero attached hydrogens (tertiary/aromatic N) is 1. The minimum absolute atomic E-state index is 0.187. The standard InChI is InChI=1S/C11H15N3O/c12-5-7-3-4-8-9(7)10(6-1-2-6)14-11(15)13-8/h6-7H,1-5,12H2,(H,13,14,15). The summed E-state index contributed by atoms with van der Waals surface area (Å²) in [6.07, 6.45) is 4.38. The Bertz CT molecular complexity index is 448. The number of nitrogens with two attached hydrogens (primary N) is 1. The van der Waals surface area contributed by atoms with Gasteiger partial charge in [-0.05, 0) is 37.8 Å². The molecule has 3 rings (SSSR count). The van der Waals surface area contributed by atoms with Gasteiger partial charge >= 0.3 is 5.69 Å². The molecule has 0 bridgehead atoms. The van der Waals surface area contributed by atoms with Crippen LogP contribution in [-0.4, -0.2) is 16.5 Å². The quantitative estimate of drug-likeness (QED) is 0.744. The van der Waals surface area contributed by atoms with Crippen molar-refractivity contribution in [1.29, 1.82) is 0 Å². The summed E-state index contributed by atoms with van der Waals surface area (Å²) < 4.78 is 0. The molecular formula is C11H15N3O. The van der Waals surface area contributed by atoms with Crippen molar-refractivity contribution >= 4 is 0 Å². The van der Waals surface area contributed by atoms with Crippen LogP contribution in [0.2, 0.25) is 0 Å².